The van der Waals surface area contributed by atoms with Crippen LogP contribution in [0.3, 0.4) is 0 Å². The van der Waals surface area contributed by atoms with Crippen molar-refractivity contribution < 1.29 is 14.0 Å². The Balaban J connectivity index is 1.37. The second kappa shape index (κ2) is 9.73. The lowest BCUT2D eigenvalue weighted by atomic mass is 9.99. The van der Waals surface area contributed by atoms with E-state index in [0.717, 1.165) is 16.7 Å². The number of hydrogen-bond donors (Lipinski definition) is 3. The Labute approximate surface area is 187 Å². The molecule has 0 saturated carbocycles. The van der Waals surface area contributed by atoms with Gasteiger partial charge < -0.3 is 10.6 Å². The minimum atomic E-state index is -0.474. The van der Waals surface area contributed by atoms with Gasteiger partial charge in [-0.05, 0) is 40.6 Å². The first-order valence-corrected chi connectivity index (χ1v) is 9.99. The van der Waals surface area contributed by atoms with Crippen LogP contribution in [0.25, 0.3) is 11.4 Å². The molecule has 2 aromatic heterocycles. The summed E-state index contributed by atoms with van der Waals surface area (Å²) in [6.45, 7) is 1.97. The van der Waals surface area contributed by atoms with Gasteiger partial charge in [0.1, 0.15) is 23.7 Å². The molecule has 166 valence electrons. The number of H-pyrrole nitrogens is 1. The summed E-state index contributed by atoms with van der Waals surface area (Å²) >= 11 is 0. The first kappa shape index (κ1) is 21.7. The first-order valence-electron chi connectivity index (χ1n) is 9.99. The van der Waals surface area contributed by atoms with E-state index < -0.39 is 11.8 Å². The van der Waals surface area contributed by atoms with Gasteiger partial charge in [-0.2, -0.15) is 0 Å². The molecule has 2 heterocycles. The maximum absolute atomic E-state index is 13.0. The van der Waals surface area contributed by atoms with Gasteiger partial charge in [-0.1, -0.05) is 36.4 Å². The molecule has 0 spiro atoms. The number of aromatic amines is 1. The van der Waals surface area contributed by atoms with Gasteiger partial charge in [-0.15, -0.1) is 5.10 Å². The van der Waals surface area contributed by atoms with E-state index >= 15 is 0 Å². The zero-order chi connectivity index (χ0) is 23.2. The fourth-order valence-corrected chi connectivity index (χ4v) is 3.02. The molecule has 3 N–H and O–H groups in total. The molecule has 10 nitrogen and oxygen atoms in total. The highest BCUT2D eigenvalue weighted by Gasteiger charge is 2.17. The van der Waals surface area contributed by atoms with E-state index in [2.05, 4.69) is 41.2 Å². The lowest BCUT2D eigenvalue weighted by Crippen LogP contribution is -2.25. The van der Waals surface area contributed by atoms with E-state index in [0.29, 0.717) is 5.82 Å². The first-order chi connectivity index (χ1) is 16.0. The Kier molecular flexibility index (Phi) is 6.39. The second-order valence-corrected chi connectivity index (χ2v) is 7.18. The number of aromatic nitrogens is 6. The SMILES string of the molecule is CC(C(=O)Nc1cc(C(=O)NCc2ccc(F)cc2)ncn1)c1ccc(-c2nnn[nH]2)cc1. The van der Waals surface area contributed by atoms with Gasteiger partial charge in [-0.3, -0.25) is 9.59 Å². The van der Waals surface area contributed by atoms with Crippen LogP contribution in [0.4, 0.5) is 10.2 Å². The number of hydrogen-bond acceptors (Lipinski definition) is 7. The van der Waals surface area contributed by atoms with Crippen molar-refractivity contribution >= 4 is 17.6 Å². The quantitative estimate of drug-likeness (QED) is 0.396. The van der Waals surface area contributed by atoms with Crippen molar-refractivity contribution in [1.29, 1.82) is 0 Å². The number of benzene rings is 2. The summed E-state index contributed by atoms with van der Waals surface area (Å²) in [7, 11) is 0. The van der Waals surface area contributed by atoms with Crippen molar-refractivity contribution in [3.8, 4) is 11.4 Å². The lowest BCUT2D eigenvalue weighted by Gasteiger charge is -2.13. The molecule has 0 bridgehead atoms. The van der Waals surface area contributed by atoms with E-state index in [1.54, 1.807) is 19.1 Å². The summed E-state index contributed by atoms with van der Waals surface area (Å²) in [4.78, 5) is 33.1. The fraction of sp³-hybridized carbons (Fsp3) is 0.136. The number of carbonyl (C=O) groups excluding carboxylic acids is 2. The molecule has 2 aromatic carbocycles. The third-order valence-electron chi connectivity index (χ3n) is 4.94. The van der Waals surface area contributed by atoms with Gasteiger partial charge in [0.25, 0.3) is 5.91 Å². The molecule has 1 atom stereocenters. The third kappa shape index (κ3) is 5.39. The number of nitrogens with one attached hydrogen (secondary N) is 3. The molecular formula is C22H19FN8O2. The number of tetrazole rings is 1. The second-order valence-electron chi connectivity index (χ2n) is 7.18. The molecule has 1 unspecified atom stereocenters. The number of nitrogens with zero attached hydrogens (tertiary/aromatic N) is 5. The third-order valence-corrected chi connectivity index (χ3v) is 4.94. The highest BCUT2D eigenvalue weighted by Crippen LogP contribution is 2.21. The maximum Gasteiger partial charge on any atom is 0.270 e. The van der Waals surface area contributed by atoms with Crippen molar-refractivity contribution in [2.75, 3.05) is 5.32 Å². The molecular weight excluding hydrogens is 427 g/mol. The lowest BCUT2D eigenvalue weighted by molar-refractivity contribution is -0.117. The number of carbonyl (C=O) groups is 2. The van der Waals surface area contributed by atoms with E-state index in [-0.39, 0.29) is 29.8 Å². The van der Waals surface area contributed by atoms with Crippen LogP contribution in [0.15, 0.2) is 60.9 Å². The van der Waals surface area contributed by atoms with Crippen LogP contribution in [0.2, 0.25) is 0 Å². The zero-order valence-electron chi connectivity index (χ0n) is 17.5. The molecule has 0 radical (unpaired) electrons. The standard InChI is InChI=1S/C22H19FN8O2/c1-13(15-4-6-16(7-5-15)20-28-30-31-29-20)21(32)27-19-10-18(25-12-26-19)22(33)24-11-14-2-8-17(23)9-3-14/h2-10,12-13H,11H2,1H3,(H,24,33)(H,25,26,27,32)(H,28,29,30,31). The molecule has 11 heteroatoms. The largest absolute Gasteiger partial charge is 0.347 e. The van der Waals surface area contributed by atoms with Crippen LogP contribution in [-0.4, -0.2) is 42.4 Å². The van der Waals surface area contributed by atoms with E-state index in [1.807, 2.05) is 24.3 Å². The topological polar surface area (TPSA) is 138 Å². The Morgan fingerprint density at radius 3 is 2.52 bits per heavy atom. The molecule has 0 aliphatic rings. The van der Waals surface area contributed by atoms with Crippen LogP contribution in [0.5, 0.6) is 0 Å². The Bertz CT molecular complexity index is 1240. The molecule has 4 rings (SSSR count). The minimum Gasteiger partial charge on any atom is -0.347 e. The van der Waals surface area contributed by atoms with Gasteiger partial charge >= 0.3 is 0 Å². The van der Waals surface area contributed by atoms with Gasteiger partial charge in [0.15, 0.2) is 5.82 Å². The van der Waals surface area contributed by atoms with Gasteiger partial charge in [0.2, 0.25) is 5.91 Å². The molecule has 2 amide bonds. The number of rotatable bonds is 7. The summed E-state index contributed by atoms with van der Waals surface area (Å²) in [5.41, 5.74) is 2.42. The molecule has 0 saturated heterocycles. The Morgan fingerprint density at radius 2 is 1.82 bits per heavy atom. The predicted octanol–water partition coefficient (Wildman–Crippen LogP) is 2.47. The summed E-state index contributed by atoms with van der Waals surface area (Å²) in [6, 6.07) is 14.5. The van der Waals surface area contributed by atoms with Crippen molar-refractivity contribution in [2.24, 2.45) is 0 Å². The van der Waals surface area contributed by atoms with E-state index in [1.165, 1.54) is 24.5 Å². The number of halogens is 1. The molecule has 0 aliphatic carbocycles. The molecule has 0 aliphatic heterocycles. The van der Waals surface area contributed by atoms with Crippen molar-refractivity contribution in [3.63, 3.8) is 0 Å². The molecule has 4 aromatic rings. The van der Waals surface area contributed by atoms with Crippen LogP contribution in [-0.2, 0) is 11.3 Å². The highest BCUT2D eigenvalue weighted by molar-refractivity contribution is 5.97. The smallest absolute Gasteiger partial charge is 0.270 e. The van der Waals surface area contributed by atoms with Crippen LogP contribution >= 0.6 is 0 Å². The summed E-state index contributed by atoms with van der Waals surface area (Å²) in [6.07, 6.45) is 1.20. The Morgan fingerprint density at radius 1 is 1.06 bits per heavy atom. The summed E-state index contributed by atoms with van der Waals surface area (Å²) in [5.74, 6) is -0.817. The Hall–Kier alpha value is -4.54. The van der Waals surface area contributed by atoms with Crippen LogP contribution in [0, 0.1) is 5.82 Å². The van der Waals surface area contributed by atoms with E-state index in [9.17, 15) is 14.0 Å². The van der Waals surface area contributed by atoms with Crippen molar-refractivity contribution in [3.05, 3.63) is 83.6 Å². The van der Waals surface area contributed by atoms with Gasteiger partial charge in [-0.25, -0.2) is 19.5 Å². The fourth-order valence-electron chi connectivity index (χ4n) is 3.02. The monoisotopic (exact) mass is 446 g/mol. The summed E-state index contributed by atoms with van der Waals surface area (Å²) in [5, 5.41) is 19.0. The van der Waals surface area contributed by atoms with Crippen molar-refractivity contribution in [1.82, 2.24) is 35.9 Å². The molecule has 33 heavy (non-hydrogen) atoms. The zero-order valence-corrected chi connectivity index (χ0v) is 17.5. The number of amides is 2. The van der Waals surface area contributed by atoms with Crippen molar-refractivity contribution in [2.45, 2.75) is 19.4 Å². The average molecular weight is 446 g/mol. The minimum absolute atomic E-state index is 0.0973. The van der Waals surface area contributed by atoms with Gasteiger partial charge in [0, 0.05) is 18.2 Å². The van der Waals surface area contributed by atoms with Crippen LogP contribution in [0.1, 0.15) is 34.5 Å². The normalized spacial score (nSPS) is 11.6. The predicted molar refractivity (Wildman–Crippen MR) is 116 cm³/mol. The van der Waals surface area contributed by atoms with Gasteiger partial charge in [0.05, 0.1) is 5.92 Å². The number of anilines is 1. The maximum atomic E-state index is 13.0. The highest BCUT2D eigenvalue weighted by atomic mass is 19.1. The molecule has 0 fully saturated rings. The summed E-state index contributed by atoms with van der Waals surface area (Å²) < 4.78 is 13.0. The average Bonchev–Trinajstić information content (AvgIpc) is 3.38. The van der Waals surface area contributed by atoms with Crippen LogP contribution < -0.4 is 10.6 Å². The van der Waals surface area contributed by atoms with E-state index in [4.69, 9.17) is 0 Å².